The number of hydrogen-bond acceptors (Lipinski definition) is 6. The zero-order chi connectivity index (χ0) is 16.3. The molecule has 0 saturated heterocycles. The zero-order valence-corrected chi connectivity index (χ0v) is 11.6. The molecule has 0 saturated carbocycles. The molecule has 0 bridgehead atoms. The van der Waals surface area contributed by atoms with Gasteiger partial charge in [-0.15, -0.1) is 0 Å². The van der Waals surface area contributed by atoms with Crippen molar-refractivity contribution in [2.75, 3.05) is 7.11 Å². The smallest absolute Gasteiger partial charge is 0.200 e. The van der Waals surface area contributed by atoms with Crippen LogP contribution in [-0.4, -0.2) is 33.3 Å². The zero-order valence-electron chi connectivity index (χ0n) is 11.6. The molecule has 0 aliphatic carbocycles. The molecule has 2 aromatic carbocycles. The Balaban J connectivity index is 2.28. The van der Waals surface area contributed by atoms with Gasteiger partial charge in [-0.1, -0.05) is 6.08 Å². The van der Waals surface area contributed by atoms with Gasteiger partial charge in [0, 0.05) is 6.07 Å². The van der Waals surface area contributed by atoms with Crippen LogP contribution in [0.15, 0.2) is 36.4 Å². The van der Waals surface area contributed by atoms with Crippen LogP contribution in [0, 0.1) is 0 Å². The fourth-order valence-electron chi connectivity index (χ4n) is 1.86. The molecule has 2 rings (SSSR count). The Morgan fingerprint density at radius 2 is 1.77 bits per heavy atom. The Morgan fingerprint density at radius 3 is 2.41 bits per heavy atom. The minimum atomic E-state index is -0.482. The molecule has 6 heteroatoms. The molecule has 0 unspecified atom stereocenters. The molecule has 0 spiro atoms. The van der Waals surface area contributed by atoms with Crippen LogP contribution in [0.2, 0.25) is 0 Å². The fraction of sp³-hybridized carbons (Fsp3) is 0.0625. The number of benzene rings is 2. The lowest BCUT2D eigenvalue weighted by molar-refractivity contribution is 0.104. The summed E-state index contributed by atoms with van der Waals surface area (Å²) >= 11 is 0. The van der Waals surface area contributed by atoms with Crippen LogP contribution in [0.25, 0.3) is 6.08 Å². The van der Waals surface area contributed by atoms with Crippen molar-refractivity contribution in [3.8, 4) is 28.7 Å². The van der Waals surface area contributed by atoms with E-state index >= 15 is 0 Å². The van der Waals surface area contributed by atoms with E-state index in [1.807, 2.05) is 0 Å². The number of carbonyl (C=O) groups is 1. The van der Waals surface area contributed by atoms with Crippen LogP contribution in [0.4, 0.5) is 0 Å². The van der Waals surface area contributed by atoms with E-state index in [2.05, 4.69) is 0 Å². The number of allylic oxidation sites excluding steroid dienone is 1. The third kappa shape index (κ3) is 3.12. The normalized spacial score (nSPS) is 10.8. The third-order valence-electron chi connectivity index (χ3n) is 2.97. The minimum Gasteiger partial charge on any atom is -0.508 e. The molecular weight excluding hydrogens is 288 g/mol. The summed E-state index contributed by atoms with van der Waals surface area (Å²) in [6.07, 6.45) is 2.59. The van der Waals surface area contributed by atoms with Crippen molar-refractivity contribution >= 4 is 11.9 Å². The molecule has 0 heterocycles. The molecule has 0 radical (unpaired) electrons. The lowest BCUT2D eigenvalue weighted by Crippen LogP contribution is -1.94. The van der Waals surface area contributed by atoms with Crippen LogP contribution >= 0.6 is 0 Å². The second-order valence-corrected chi connectivity index (χ2v) is 4.49. The van der Waals surface area contributed by atoms with Gasteiger partial charge in [-0.25, -0.2) is 0 Å². The Labute approximate surface area is 126 Å². The van der Waals surface area contributed by atoms with Gasteiger partial charge in [0.1, 0.15) is 11.5 Å². The number of ketones is 1. The molecule has 0 amide bonds. The number of ether oxygens (including phenoxy) is 1. The van der Waals surface area contributed by atoms with Crippen molar-refractivity contribution in [1.82, 2.24) is 0 Å². The van der Waals surface area contributed by atoms with Gasteiger partial charge >= 0.3 is 0 Å². The van der Waals surface area contributed by atoms with E-state index in [0.717, 1.165) is 6.07 Å². The van der Waals surface area contributed by atoms with Crippen molar-refractivity contribution in [3.05, 3.63) is 47.5 Å². The van der Waals surface area contributed by atoms with Crippen molar-refractivity contribution in [1.29, 1.82) is 0 Å². The third-order valence-corrected chi connectivity index (χ3v) is 2.97. The topological polar surface area (TPSA) is 107 Å². The summed E-state index contributed by atoms with van der Waals surface area (Å²) in [7, 11) is 1.33. The van der Waals surface area contributed by atoms with E-state index in [9.17, 15) is 25.2 Å². The van der Waals surface area contributed by atoms with Crippen LogP contribution in [0.5, 0.6) is 28.7 Å². The summed E-state index contributed by atoms with van der Waals surface area (Å²) in [4.78, 5) is 12.0. The van der Waals surface area contributed by atoms with E-state index in [-0.39, 0.29) is 34.3 Å². The maximum Gasteiger partial charge on any atom is 0.200 e. The standard InChI is InChI=1S/C16H14O6/c1-22-15-7-9(6-14(20)16(15)21)2-5-12(18)11-4-3-10(17)8-13(11)19/h2-8,17,19-21H,1H3/b5-2+. The van der Waals surface area contributed by atoms with Gasteiger partial charge in [0.2, 0.25) is 5.75 Å². The SMILES string of the molecule is COc1cc(/C=C/C(=O)c2ccc(O)cc2O)cc(O)c1O. The average molecular weight is 302 g/mol. The number of hydrogen-bond donors (Lipinski definition) is 4. The van der Waals surface area contributed by atoms with Gasteiger partial charge in [-0.3, -0.25) is 4.79 Å². The summed E-state index contributed by atoms with van der Waals surface area (Å²) in [6, 6.07) is 6.35. The van der Waals surface area contributed by atoms with Gasteiger partial charge in [-0.05, 0) is 35.9 Å². The lowest BCUT2D eigenvalue weighted by atomic mass is 10.1. The molecule has 0 atom stereocenters. The van der Waals surface area contributed by atoms with Gasteiger partial charge in [0.05, 0.1) is 12.7 Å². The predicted octanol–water partition coefficient (Wildman–Crippen LogP) is 2.41. The first-order valence-corrected chi connectivity index (χ1v) is 6.26. The largest absolute Gasteiger partial charge is 0.508 e. The second-order valence-electron chi connectivity index (χ2n) is 4.49. The highest BCUT2D eigenvalue weighted by Crippen LogP contribution is 2.36. The van der Waals surface area contributed by atoms with E-state index < -0.39 is 5.78 Å². The van der Waals surface area contributed by atoms with Gasteiger partial charge in [0.25, 0.3) is 0 Å². The highest BCUT2D eigenvalue weighted by atomic mass is 16.5. The maximum atomic E-state index is 12.0. The van der Waals surface area contributed by atoms with E-state index in [4.69, 9.17) is 4.74 Å². The number of methoxy groups -OCH3 is 1. The van der Waals surface area contributed by atoms with E-state index in [1.54, 1.807) is 0 Å². The van der Waals surface area contributed by atoms with Gasteiger partial charge in [-0.2, -0.15) is 0 Å². The Bertz CT molecular complexity index is 749. The van der Waals surface area contributed by atoms with Crippen LogP contribution in [0.1, 0.15) is 15.9 Å². The molecule has 6 nitrogen and oxygen atoms in total. The van der Waals surface area contributed by atoms with Gasteiger partial charge < -0.3 is 25.2 Å². The van der Waals surface area contributed by atoms with Gasteiger partial charge in [0.15, 0.2) is 17.3 Å². The number of rotatable bonds is 4. The summed E-state index contributed by atoms with van der Waals surface area (Å²) in [5.74, 6) is -1.66. The van der Waals surface area contributed by atoms with Crippen LogP contribution in [0.3, 0.4) is 0 Å². The Kier molecular flexibility index (Phi) is 4.22. The highest BCUT2D eigenvalue weighted by molar-refractivity contribution is 6.08. The lowest BCUT2D eigenvalue weighted by Gasteiger charge is -2.06. The minimum absolute atomic E-state index is 0.0315. The predicted molar refractivity (Wildman–Crippen MR) is 79.5 cm³/mol. The molecular formula is C16H14O6. The summed E-state index contributed by atoms with van der Waals surface area (Å²) < 4.78 is 4.89. The molecule has 0 aliphatic rings. The van der Waals surface area contributed by atoms with E-state index in [1.165, 1.54) is 43.5 Å². The number of phenolic OH excluding ortho intramolecular Hbond substituents is 4. The molecule has 114 valence electrons. The molecule has 2 aromatic rings. The first kappa shape index (κ1) is 15.2. The first-order chi connectivity index (χ1) is 10.4. The number of phenols is 4. The Morgan fingerprint density at radius 1 is 1.05 bits per heavy atom. The van der Waals surface area contributed by atoms with Crippen molar-refractivity contribution in [2.24, 2.45) is 0 Å². The average Bonchev–Trinajstić information content (AvgIpc) is 2.48. The summed E-state index contributed by atoms with van der Waals surface area (Å²) in [5.41, 5.74) is 0.461. The van der Waals surface area contributed by atoms with Crippen LogP contribution < -0.4 is 4.74 Å². The molecule has 22 heavy (non-hydrogen) atoms. The van der Waals surface area contributed by atoms with Crippen molar-refractivity contribution in [3.63, 3.8) is 0 Å². The summed E-state index contributed by atoms with van der Waals surface area (Å²) in [6.45, 7) is 0. The quantitative estimate of drug-likeness (QED) is 0.392. The fourth-order valence-corrected chi connectivity index (χ4v) is 1.86. The molecule has 0 fully saturated rings. The second kappa shape index (κ2) is 6.09. The van der Waals surface area contributed by atoms with E-state index in [0.29, 0.717) is 5.56 Å². The number of carbonyl (C=O) groups excluding carboxylic acids is 1. The maximum absolute atomic E-state index is 12.0. The molecule has 0 aliphatic heterocycles. The Hall–Kier alpha value is -3.15. The molecule has 4 N–H and O–H groups in total. The monoisotopic (exact) mass is 302 g/mol. The summed E-state index contributed by atoms with van der Waals surface area (Å²) in [5, 5.41) is 37.9. The molecule has 0 aromatic heterocycles. The highest BCUT2D eigenvalue weighted by Gasteiger charge is 2.10. The number of aromatic hydroxyl groups is 4. The first-order valence-electron chi connectivity index (χ1n) is 6.26. The van der Waals surface area contributed by atoms with Crippen LogP contribution in [-0.2, 0) is 0 Å². The van der Waals surface area contributed by atoms with Crippen molar-refractivity contribution < 1.29 is 30.0 Å². The van der Waals surface area contributed by atoms with Crippen molar-refractivity contribution in [2.45, 2.75) is 0 Å².